The molecule has 0 bridgehead atoms. The lowest BCUT2D eigenvalue weighted by Crippen LogP contribution is -1.94. The Kier molecular flexibility index (Phi) is 3.73. The fourth-order valence-electron chi connectivity index (χ4n) is 1.71. The van der Waals surface area contributed by atoms with Gasteiger partial charge in [0.05, 0.1) is 0 Å². The van der Waals surface area contributed by atoms with Crippen LogP contribution in [0.5, 0.6) is 0 Å². The van der Waals surface area contributed by atoms with Gasteiger partial charge in [0.25, 0.3) is 0 Å². The predicted molar refractivity (Wildman–Crippen MR) is 67.5 cm³/mol. The molecule has 0 fully saturated rings. The number of allylic oxidation sites excluding steroid dienone is 3. The van der Waals surface area contributed by atoms with Crippen molar-refractivity contribution in [2.45, 2.75) is 27.7 Å². The van der Waals surface area contributed by atoms with Gasteiger partial charge in [0.2, 0.25) is 0 Å². The standard InChI is InChI=1S/C14H19N/c1-5-13(12(4)9-15)14-8-10(2)6-7-11(14)3/h5-9H,15H2,1-4H3/b12-9+,13-5-. The topological polar surface area (TPSA) is 26.0 Å². The second-order valence-electron chi connectivity index (χ2n) is 3.87. The lowest BCUT2D eigenvalue weighted by Gasteiger charge is -2.11. The Hall–Kier alpha value is -1.50. The lowest BCUT2D eigenvalue weighted by atomic mass is 9.94. The first-order chi connectivity index (χ1) is 7.10. The van der Waals surface area contributed by atoms with Crippen LogP contribution in [0.3, 0.4) is 0 Å². The first kappa shape index (κ1) is 11.6. The molecule has 1 heteroatoms. The van der Waals surface area contributed by atoms with Crippen molar-refractivity contribution in [2.75, 3.05) is 0 Å². The van der Waals surface area contributed by atoms with E-state index in [4.69, 9.17) is 5.73 Å². The third-order valence-electron chi connectivity index (χ3n) is 2.65. The summed E-state index contributed by atoms with van der Waals surface area (Å²) >= 11 is 0. The van der Waals surface area contributed by atoms with Crippen LogP contribution in [0.15, 0.2) is 36.0 Å². The van der Waals surface area contributed by atoms with E-state index >= 15 is 0 Å². The first-order valence-electron chi connectivity index (χ1n) is 5.23. The van der Waals surface area contributed by atoms with Crippen molar-refractivity contribution in [2.24, 2.45) is 5.73 Å². The summed E-state index contributed by atoms with van der Waals surface area (Å²) in [5.41, 5.74) is 11.7. The van der Waals surface area contributed by atoms with Gasteiger partial charge in [-0.1, -0.05) is 29.8 Å². The Balaban J connectivity index is 3.31. The normalized spacial score (nSPS) is 13.1. The Bertz CT molecular complexity index is 411. The zero-order valence-electron chi connectivity index (χ0n) is 9.96. The maximum absolute atomic E-state index is 5.57. The smallest absolute Gasteiger partial charge is 0.00264 e. The number of nitrogens with two attached hydrogens (primary N) is 1. The number of rotatable bonds is 2. The Morgan fingerprint density at radius 2 is 1.93 bits per heavy atom. The van der Waals surface area contributed by atoms with Crippen molar-refractivity contribution >= 4 is 5.57 Å². The molecule has 0 amide bonds. The average molecular weight is 201 g/mol. The molecule has 2 N–H and O–H groups in total. The highest BCUT2D eigenvalue weighted by molar-refractivity contribution is 5.80. The number of benzene rings is 1. The minimum atomic E-state index is 1.12. The summed E-state index contributed by atoms with van der Waals surface area (Å²) < 4.78 is 0. The van der Waals surface area contributed by atoms with Gasteiger partial charge in [-0.05, 0) is 56.2 Å². The van der Waals surface area contributed by atoms with Gasteiger partial charge in [-0.2, -0.15) is 0 Å². The Labute approximate surface area is 92.3 Å². The molecule has 15 heavy (non-hydrogen) atoms. The Morgan fingerprint density at radius 3 is 2.47 bits per heavy atom. The quantitative estimate of drug-likeness (QED) is 0.727. The van der Waals surface area contributed by atoms with Gasteiger partial charge in [0.15, 0.2) is 0 Å². The molecule has 0 unspecified atom stereocenters. The van der Waals surface area contributed by atoms with Gasteiger partial charge < -0.3 is 5.73 Å². The predicted octanol–water partition coefficient (Wildman–Crippen LogP) is 3.57. The van der Waals surface area contributed by atoms with Crippen LogP contribution >= 0.6 is 0 Å². The van der Waals surface area contributed by atoms with E-state index in [0.29, 0.717) is 0 Å². The van der Waals surface area contributed by atoms with Crippen molar-refractivity contribution in [3.8, 4) is 0 Å². The minimum Gasteiger partial charge on any atom is -0.404 e. The van der Waals surface area contributed by atoms with Crippen molar-refractivity contribution in [1.82, 2.24) is 0 Å². The highest BCUT2D eigenvalue weighted by Crippen LogP contribution is 2.25. The van der Waals surface area contributed by atoms with Gasteiger partial charge in [-0.15, -0.1) is 0 Å². The monoisotopic (exact) mass is 201 g/mol. The molecular formula is C14H19N. The van der Waals surface area contributed by atoms with Gasteiger partial charge in [-0.3, -0.25) is 0 Å². The lowest BCUT2D eigenvalue weighted by molar-refractivity contribution is 1.33. The second kappa shape index (κ2) is 4.83. The van der Waals surface area contributed by atoms with Gasteiger partial charge in [-0.25, -0.2) is 0 Å². The molecule has 0 spiro atoms. The van der Waals surface area contributed by atoms with Crippen molar-refractivity contribution in [1.29, 1.82) is 0 Å². The van der Waals surface area contributed by atoms with E-state index in [9.17, 15) is 0 Å². The van der Waals surface area contributed by atoms with E-state index in [2.05, 4.69) is 38.1 Å². The zero-order valence-corrected chi connectivity index (χ0v) is 9.96. The highest BCUT2D eigenvalue weighted by Gasteiger charge is 2.05. The van der Waals surface area contributed by atoms with E-state index in [1.165, 1.54) is 22.3 Å². The van der Waals surface area contributed by atoms with Crippen LogP contribution < -0.4 is 5.73 Å². The summed E-state index contributed by atoms with van der Waals surface area (Å²) in [4.78, 5) is 0. The fourth-order valence-corrected chi connectivity index (χ4v) is 1.71. The molecule has 0 radical (unpaired) electrons. The molecule has 1 rings (SSSR count). The highest BCUT2D eigenvalue weighted by atomic mass is 14.5. The molecule has 80 valence electrons. The molecule has 0 atom stereocenters. The molecule has 1 aromatic rings. The van der Waals surface area contributed by atoms with Crippen LogP contribution in [-0.4, -0.2) is 0 Å². The van der Waals surface area contributed by atoms with E-state index in [1.54, 1.807) is 6.20 Å². The molecule has 1 nitrogen and oxygen atoms in total. The fraction of sp³-hybridized carbons (Fsp3) is 0.286. The molecule has 0 aliphatic heterocycles. The summed E-state index contributed by atoms with van der Waals surface area (Å²) in [6.45, 7) is 8.32. The van der Waals surface area contributed by atoms with E-state index in [-0.39, 0.29) is 0 Å². The SMILES string of the molecule is C/C=C(/C(C)=C/N)c1cc(C)ccc1C. The van der Waals surface area contributed by atoms with Crippen molar-refractivity contribution in [3.05, 3.63) is 52.7 Å². The van der Waals surface area contributed by atoms with Crippen LogP contribution in [0.1, 0.15) is 30.5 Å². The first-order valence-corrected chi connectivity index (χ1v) is 5.23. The maximum Gasteiger partial charge on any atom is -0.00264 e. The summed E-state index contributed by atoms with van der Waals surface area (Å²) in [6, 6.07) is 6.49. The molecule has 1 aromatic carbocycles. The maximum atomic E-state index is 5.57. The number of aryl methyl sites for hydroxylation is 2. The van der Waals surface area contributed by atoms with E-state index < -0.39 is 0 Å². The second-order valence-corrected chi connectivity index (χ2v) is 3.87. The Morgan fingerprint density at radius 1 is 1.27 bits per heavy atom. The van der Waals surface area contributed by atoms with Crippen LogP contribution in [0, 0.1) is 13.8 Å². The van der Waals surface area contributed by atoms with Crippen LogP contribution in [0.2, 0.25) is 0 Å². The molecule has 0 saturated heterocycles. The largest absolute Gasteiger partial charge is 0.404 e. The molecule has 0 saturated carbocycles. The molecule has 0 aromatic heterocycles. The van der Waals surface area contributed by atoms with E-state index in [0.717, 1.165) is 5.57 Å². The third kappa shape index (κ3) is 2.50. The summed E-state index contributed by atoms with van der Waals surface area (Å²) in [6.07, 6.45) is 3.78. The van der Waals surface area contributed by atoms with E-state index in [1.807, 2.05) is 13.8 Å². The molecule has 0 aliphatic carbocycles. The van der Waals surface area contributed by atoms with Crippen LogP contribution in [0.25, 0.3) is 5.57 Å². The van der Waals surface area contributed by atoms with Gasteiger partial charge >= 0.3 is 0 Å². The number of hydrogen-bond acceptors (Lipinski definition) is 1. The number of hydrogen-bond donors (Lipinski definition) is 1. The minimum absolute atomic E-state index is 1.12. The van der Waals surface area contributed by atoms with Crippen LogP contribution in [0.4, 0.5) is 0 Å². The zero-order chi connectivity index (χ0) is 11.4. The van der Waals surface area contributed by atoms with Gasteiger partial charge in [0.1, 0.15) is 0 Å². The molecular weight excluding hydrogens is 182 g/mol. The summed E-state index contributed by atoms with van der Waals surface area (Å²) in [5.74, 6) is 0. The third-order valence-corrected chi connectivity index (χ3v) is 2.65. The summed E-state index contributed by atoms with van der Waals surface area (Å²) in [7, 11) is 0. The average Bonchev–Trinajstić information content (AvgIpc) is 2.23. The van der Waals surface area contributed by atoms with Crippen molar-refractivity contribution < 1.29 is 0 Å². The molecule has 0 heterocycles. The molecule has 0 aliphatic rings. The summed E-state index contributed by atoms with van der Waals surface area (Å²) in [5, 5.41) is 0. The van der Waals surface area contributed by atoms with Crippen molar-refractivity contribution in [3.63, 3.8) is 0 Å². The van der Waals surface area contributed by atoms with Crippen LogP contribution in [-0.2, 0) is 0 Å². The van der Waals surface area contributed by atoms with Gasteiger partial charge in [0, 0.05) is 0 Å².